The average Bonchev–Trinajstić information content (AvgIpc) is 2.90. The molecule has 0 N–H and O–H groups in total. The number of aromatic nitrogens is 3. The molecule has 2 heterocycles. The summed E-state index contributed by atoms with van der Waals surface area (Å²) in [4.78, 5) is 11.8. The molecule has 0 bridgehead atoms. The molecule has 114 valence electrons. The molecule has 0 spiro atoms. The van der Waals surface area contributed by atoms with E-state index in [2.05, 4.69) is 22.7 Å². The summed E-state index contributed by atoms with van der Waals surface area (Å²) in [6.45, 7) is 9.86. The third-order valence-corrected chi connectivity index (χ3v) is 4.09. The van der Waals surface area contributed by atoms with Crippen molar-refractivity contribution in [1.29, 1.82) is 0 Å². The van der Waals surface area contributed by atoms with Crippen molar-refractivity contribution in [2.75, 3.05) is 5.88 Å². The summed E-state index contributed by atoms with van der Waals surface area (Å²) in [5.74, 6) is 0.0327. The molecule has 0 atom stereocenters. The van der Waals surface area contributed by atoms with E-state index in [-0.39, 0.29) is 11.7 Å². The van der Waals surface area contributed by atoms with Crippen molar-refractivity contribution in [3.63, 3.8) is 0 Å². The molecule has 0 aliphatic carbocycles. The number of Topliss-reactive ketones (excluding diaryl/α,β-unsaturated/α-hetero) is 1. The van der Waals surface area contributed by atoms with Crippen molar-refractivity contribution < 1.29 is 4.79 Å². The number of aryl methyl sites for hydroxylation is 4. The van der Waals surface area contributed by atoms with Crippen LogP contribution in [0.4, 0.5) is 0 Å². The van der Waals surface area contributed by atoms with Crippen molar-refractivity contribution in [3.05, 3.63) is 40.5 Å². The maximum Gasteiger partial charge on any atom is 0.179 e. The Bertz CT molecular complexity index is 655. The first-order valence-corrected chi connectivity index (χ1v) is 7.74. The first kappa shape index (κ1) is 15.8. The lowest BCUT2D eigenvalue weighted by molar-refractivity contribution is 0.102. The van der Waals surface area contributed by atoms with Gasteiger partial charge in [0.2, 0.25) is 0 Å². The van der Waals surface area contributed by atoms with E-state index in [4.69, 9.17) is 11.6 Å². The van der Waals surface area contributed by atoms with Crippen LogP contribution in [-0.4, -0.2) is 26.0 Å². The van der Waals surface area contributed by atoms with Crippen LogP contribution in [0.2, 0.25) is 0 Å². The van der Waals surface area contributed by atoms with Crippen molar-refractivity contribution in [2.45, 2.75) is 47.2 Å². The number of nitrogens with zero attached hydrogens (tertiary/aromatic N) is 3. The third-order valence-electron chi connectivity index (χ3n) is 3.85. The zero-order chi connectivity index (χ0) is 15.6. The average molecular weight is 308 g/mol. The molecule has 0 amide bonds. The molecule has 2 aromatic heterocycles. The molecule has 0 radical (unpaired) electrons. The number of halogens is 1. The van der Waals surface area contributed by atoms with E-state index in [1.165, 1.54) is 5.69 Å². The Balaban J connectivity index is 2.05. The van der Waals surface area contributed by atoms with Crippen LogP contribution in [0.15, 0.2) is 12.1 Å². The zero-order valence-corrected chi connectivity index (χ0v) is 13.9. The fourth-order valence-electron chi connectivity index (χ4n) is 2.78. The van der Waals surface area contributed by atoms with E-state index in [9.17, 15) is 4.79 Å². The summed E-state index contributed by atoms with van der Waals surface area (Å²) >= 11 is 5.65. The van der Waals surface area contributed by atoms with Gasteiger partial charge in [0.05, 0.1) is 11.6 Å². The zero-order valence-electron chi connectivity index (χ0n) is 13.1. The predicted octanol–water partition coefficient (Wildman–Crippen LogP) is 3.43. The molecule has 0 unspecified atom stereocenters. The maximum absolute atomic E-state index is 11.8. The Morgan fingerprint density at radius 3 is 2.43 bits per heavy atom. The number of hydrogen-bond acceptors (Lipinski definition) is 2. The van der Waals surface area contributed by atoms with E-state index in [1.54, 1.807) is 0 Å². The summed E-state index contributed by atoms with van der Waals surface area (Å²) in [5, 5.41) is 4.47. The van der Waals surface area contributed by atoms with Crippen LogP contribution in [0, 0.1) is 27.7 Å². The first-order chi connectivity index (χ1) is 9.93. The molecular formula is C16H22ClN3O. The van der Waals surface area contributed by atoms with Crippen LogP contribution >= 0.6 is 11.6 Å². The van der Waals surface area contributed by atoms with Gasteiger partial charge in [-0.2, -0.15) is 5.10 Å². The number of rotatable bonds is 6. The Morgan fingerprint density at radius 2 is 1.86 bits per heavy atom. The van der Waals surface area contributed by atoms with Gasteiger partial charge in [-0.25, -0.2) is 0 Å². The molecule has 2 aromatic rings. The normalized spacial score (nSPS) is 11.1. The van der Waals surface area contributed by atoms with Crippen LogP contribution in [0.25, 0.3) is 0 Å². The number of carbonyl (C=O) groups excluding carboxylic acids is 1. The fraction of sp³-hybridized carbons (Fsp3) is 0.500. The van der Waals surface area contributed by atoms with Gasteiger partial charge in [-0.15, -0.1) is 11.6 Å². The standard InChI is InChI=1S/C16H22ClN3O/c1-11-8-13(3)20(18-11)7-5-6-19-12(2)9-15(14(19)4)16(21)10-17/h8-9H,5-7,10H2,1-4H3. The lowest BCUT2D eigenvalue weighted by Gasteiger charge is -2.10. The molecule has 0 aromatic carbocycles. The quantitative estimate of drug-likeness (QED) is 0.606. The highest BCUT2D eigenvalue weighted by Gasteiger charge is 2.14. The highest BCUT2D eigenvalue weighted by Crippen LogP contribution is 2.17. The van der Waals surface area contributed by atoms with Gasteiger partial charge < -0.3 is 4.57 Å². The molecular weight excluding hydrogens is 286 g/mol. The highest BCUT2D eigenvalue weighted by atomic mass is 35.5. The summed E-state index contributed by atoms with van der Waals surface area (Å²) in [7, 11) is 0. The monoisotopic (exact) mass is 307 g/mol. The second-order valence-corrected chi connectivity index (χ2v) is 5.76. The number of carbonyl (C=O) groups is 1. The summed E-state index contributed by atoms with van der Waals surface area (Å²) < 4.78 is 4.22. The second kappa shape index (κ2) is 6.48. The van der Waals surface area contributed by atoms with Crippen LogP contribution in [0.3, 0.4) is 0 Å². The van der Waals surface area contributed by atoms with Gasteiger partial charge in [0.1, 0.15) is 0 Å². The summed E-state index contributed by atoms with van der Waals surface area (Å²) in [6.07, 6.45) is 0.979. The van der Waals surface area contributed by atoms with E-state index >= 15 is 0 Å². The molecule has 0 fully saturated rings. The number of alkyl halides is 1. The van der Waals surface area contributed by atoms with Crippen molar-refractivity contribution in [3.8, 4) is 0 Å². The van der Waals surface area contributed by atoms with E-state index in [1.807, 2.05) is 31.5 Å². The summed E-state index contributed by atoms with van der Waals surface area (Å²) in [6, 6.07) is 4.02. The molecule has 0 aliphatic heterocycles. The maximum atomic E-state index is 11.8. The van der Waals surface area contributed by atoms with Crippen LogP contribution in [-0.2, 0) is 13.1 Å². The fourth-order valence-corrected chi connectivity index (χ4v) is 2.92. The van der Waals surface area contributed by atoms with Gasteiger partial charge in [-0.3, -0.25) is 9.48 Å². The SMILES string of the molecule is Cc1cc(C)n(CCCn2c(C)cc(C(=O)CCl)c2C)n1. The molecule has 0 aliphatic rings. The van der Waals surface area contributed by atoms with Crippen molar-refractivity contribution >= 4 is 17.4 Å². The number of hydrogen-bond donors (Lipinski definition) is 0. The van der Waals surface area contributed by atoms with Crippen molar-refractivity contribution in [1.82, 2.24) is 14.3 Å². The second-order valence-electron chi connectivity index (χ2n) is 5.50. The highest BCUT2D eigenvalue weighted by molar-refractivity contribution is 6.30. The van der Waals surface area contributed by atoms with Gasteiger partial charge in [-0.05, 0) is 46.2 Å². The van der Waals surface area contributed by atoms with Gasteiger partial charge in [0, 0.05) is 35.7 Å². The molecule has 2 rings (SSSR count). The van der Waals surface area contributed by atoms with E-state index in [0.29, 0.717) is 0 Å². The predicted molar refractivity (Wildman–Crippen MR) is 85.3 cm³/mol. The lowest BCUT2D eigenvalue weighted by atomic mass is 10.2. The van der Waals surface area contributed by atoms with E-state index in [0.717, 1.165) is 42.2 Å². The van der Waals surface area contributed by atoms with Crippen LogP contribution < -0.4 is 0 Å². The first-order valence-electron chi connectivity index (χ1n) is 7.21. The Hall–Kier alpha value is -1.55. The third kappa shape index (κ3) is 3.38. The van der Waals surface area contributed by atoms with Gasteiger partial charge in [0.15, 0.2) is 5.78 Å². The van der Waals surface area contributed by atoms with Gasteiger partial charge in [-0.1, -0.05) is 0 Å². The van der Waals surface area contributed by atoms with Crippen LogP contribution in [0.1, 0.15) is 39.6 Å². The Kier molecular flexibility index (Phi) is 4.88. The molecule has 0 saturated carbocycles. The molecule has 21 heavy (non-hydrogen) atoms. The minimum Gasteiger partial charge on any atom is -0.348 e. The smallest absolute Gasteiger partial charge is 0.179 e. The Labute approximate surface area is 130 Å². The van der Waals surface area contributed by atoms with Crippen molar-refractivity contribution in [2.24, 2.45) is 0 Å². The molecule has 5 heteroatoms. The lowest BCUT2D eigenvalue weighted by Crippen LogP contribution is -2.09. The van der Waals surface area contributed by atoms with Crippen LogP contribution in [0.5, 0.6) is 0 Å². The minimum absolute atomic E-state index is 0.00504. The summed E-state index contributed by atoms with van der Waals surface area (Å²) in [5.41, 5.74) is 5.09. The molecule has 0 saturated heterocycles. The van der Waals surface area contributed by atoms with Gasteiger partial charge >= 0.3 is 0 Å². The largest absolute Gasteiger partial charge is 0.348 e. The van der Waals surface area contributed by atoms with Gasteiger partial charge in [0.25, 0.3) is 0 Å². The molecule has 4 nitrogen and oxygen atoms in total. The number of ketones is 1. The minimum atomic E-state index is -0.00504. The topological polar surface area (TPSA) is 39.8 Å². The Morgan fingerprint density at radius 1 is 1.14 bits per heavy atom. The van der Waals surface area contributed by atoms with E-state index < -0.39 is 0 Å².